The van der Waals surface area contributed by atoms with Crippen LogP contribution in [0.1, 0.15) is 57.1 Å². The van der Waals surface area contributed by atoms with E-state index in [0.29, 0.717) is 6.42 Å². The predicted octanol–water partition coefficient (Wildman–Crippen LogP) is 3.19. The highest BCUT2D eigenvalue weighted by Gasteiger charge is 2.35. The number of aliphatic imine (C=N–C) groups is 1. The van der Waals surface area contributed by atoms with Crippen LogP contribution in [0.2, 0.25) is 0 Å². The van der Waals surface area contributed by atoms with E-state index >= 15 is 0 Å². The summed E-state index contributed by atoms with van der Waals surface area (Å²) in [4.78, 5) is 4.90. The minimum Gasteiger partial charge on any atom is -0.357 e. The molecular weight excluding hydrogens is 358 g/mol. The predicted molar refractivity (Wildman–Crippen MR) is 114 cm³/mol. The van der Waals surface area contributed by atoms with Gasteiger partial charge in [-0.1, -0.05) is 42.7 Å². The first-order valence-electron chi connectivity index (χ1n) is 10.0. The first kappa shape index (κ1) is 21.7. The van der Waals surface area contributed by atoms with Gasteiger partial charge in [-0.3, -0.25) is 4.99 Å². The zero-order valence-electron chi connectivity index (χ0n) is 17.2. The largest absolute Gasteiger partial charge is 0.357 e. The van der Waals surface area contributed by atoms with Gasteiger partial charge < -0.3 is 10.6 Å². The summed E-state index contributed by atoms with van der Waals surface area (Å²) in [5.74, 6) is 0.964. The molecule has 6 heteroatoms. The Bertz CT molecular complexity index is 738. The summed E-state index contributed by atoms with van der Waals surface area (Å²) in [5, 5.41) is 6.67. The van der Waals surface area contributed by atoms with Gasteiger partial charge in [-0.05, 0) is 45.6 Å². The van der Waals surface area contributed by atoms with Crippen LogP contribution >= 0.6 is 0 Å². The van der Waals surface area contributed by atoms with E-state index in [1.807, 2.05) is 13.8 Å². The molecule has 1 fully saturated rings. The molecule has 0 bridgehead atoms. The number of benzene rings is 1. The molecule has 1 atom stereocenters. The van der Waals surface area contributed by atoms with E-state index in [1.54, 1.807) is 0 Å². The molecule has 1 aromatic rings. The Kier molecular flexibility index (Phi) is 7.71. The minimum absolute atomic E-state index is 0.0519. The van der Waals surface area contributed by atoms with Crippen molar-refractivity contribution in [1.29, 1.82) is 0 Å². The highest BCUT2D eigenvalue weighted by atomic mass is 32.2. The normalized spacial score (nSPS) is 18.3. The maximum atomic E-state index is 11.4. The lowest BCUT2D eigenvalue weighted by Crippen LogP contribution is -2.43. The fourth-order valence-corrected chi connectivity index (χ4v) is 4.59. The zero-order chi connectivity index (χ0) is 19.9. The molecule has 0 aliphatic heterocycles. The van der Waals surface area contributed by atoms with Gasteiger partial charge in [-0.2, -0.15) is 0 Å². The molecule has 2 N–H and O–H groups in total. The fourth-order valence-electron chi connectivity index (χ4n) is 3.81. The topological polar surface area (TPSA) is 70.6 Å². The van der Waals surface area contributed by atoms with Crippen molar-refractivity contribution in [3.8, 4) is 0 Å². The molecule has 0 aromatic heterocycles. The summed E-state index contributed by atoms with van der Waals surface area (Å²) in [6.07, 6.45) is 6.69. The number of aryl methyl sites for hydroxylation is 1. The second-order valence-corrected chi connectivity index (χ2v) is 10.3. The van der Waals surface area contributed by atoms with Crippen molar-refractivity contribution >= 4 is 15.8 Å². The summed E-state index contributed by atoms with van der Waals surface area (Å²) in [5.41, 5.74) is 2.80. The van der Waals surface area contributed by atoms with Crippen LogP contribution in [0.3, 0.4) is 0 Å². The maximum Gasteiger partial charge on any atom is 0.191 e. The minimum atomic E-state index is -2.94. The first-order chi connectivity index (χ1) is 12.7. The molecule has 0 amide bonds. The molecule has 1 aromatic carbocycles. The van der Waals surface area contributed by atoms with E-state index in [2.05, 4.69) is 41.8 Å². The number of nitrogens with zero attached hydrogens (tertiary/aromatic N) is 1. The Labute approximate surface area is 165 Å². The summed E-state index contributed by atoms with van der Waals surface area (Å²) >= 11 is 0. The smallest absolute Gasteiger partial charge is 0.191 e. The van der Waals surface area contributed by atoms with Crippen LogP contribution in [0.5, 0.6) is 0 Å². The second-order valence-electron chi connectivity index (χ2n) is 8.02. The van der Waals surface area contributed by atoms with Crippen molar-refractivity contribution in [3.05, 3.63) is 35.4 Å². The molecule has 27 heavy (non-hydrogen) atoms. The van der Waals surface area contributed by atoms with Crippen LogP contribution in [-0.4, -0.2) is 45.5 Å². The highest BCUT2D eigenvalue weighted by molar-refractivity contribution is 7.90. The standard InChI is InChI=1S/C21H35N3O2S/c1-5-22-20(24-18(3)11-14-27(4,25)26)23-16-21(12-6-7-13-21)19-10-8-9-17(2)15-19/h8-10,15,18H,5-7,11-14,16H2,1-4H3,(H2,22,23,24). The van der Waals surface area contributed by atoms with E-state index in [0.717, 1.165) is 19.0 Å². The third-order valence-corrected chi connectivity index (χ3v) is 6.36. The van der Waals surface area contributed by atoms with Gasteiger partial charge >= 0.3 is 0 Å². The number of hydrogen-bond acceptors (Lipinski definition) is 3. The Hall–Kier alpha value is -1.56. The summed E-state index contributed by atoms with van der Waals surface area (Å²) in [7, 11) is -2.94. The number of sulfone groups is 1. The summed E-state index contributed by atoms with van der Waals surface area (Å²) < 4.78 is 22.8. The third kappa shape index (κ3) is 6.83. The Morgan fingerprint density at radius 1 is 1.30 bits per heavy atom. The van der Waals surface area contributed by atoms with Crippen LogP contribution in [-0.2, 0) is 15.3 Å². The number of nitrogens with one attached hydrogen (secondary N) is 2. The van der Waals surface area contributed by atoms with Gasteiger partial charge in [-0.25, -0.2) is 8.42 Å². The third-order valence-electron chi connectivity index (χ3n) is 5.38. The van der Waals surface area contributed by atoms with Crippen molar-refractivity contribution in [1.82, 2.24) is 10.6 Å². The molecule has 0 heterocycles. The molecule has 0 radical (unpaired) electrons. The van der Waals surface area contributed by atoms with Gasteiger partial charge in [0.2, 0.25) is 0 Å². The van der Waals surface area contributed by atoms with Gasteiger partial charge in [0.05, 0.1) is 12.3 Å². The molecule has 1 aliphatic rings. The SMILES string of the molecule is CCNC(=NCC1(c2cccc(C)c2)CCCC1)NC(C)CCS(C)(=O)=O. The lowest BCUT2D eigenvalue weighted by Gasteiger charge is -2.29. The van der Waals surface area contributed by atoms with Gasteiger partial charge in [0.15, 0.2) is 5.96 Å². The van der Waals surface area contributed by atoms with Crippen LogP contribution < -0.4 is 10.6 Å². The first-order valence-corrected chi connectivity index (χ1v) is 12.1. The Morgan fingerprint density at radius 3 is 2.59 bits per heavy atom. The average Bonchev–Trinajstić information content (AvgIpc) is 3.08. The van der Waals surface area contributed by atoms with Crippen LogP contribution in [0.15, 0.2) is 29.3 Å². The average molecular weight is 394 g/mol. The van der Waals surface area contributed by atoms with Gasteiger partial charge in [0, 0.05) is 24.3 Å². The van der Waals surface area contributed by atoms with Crippen molar-refractivity contribution in [2.75, 3.05) is 25.1 Å². The van der Waals surface area contributed by atoms with Crippen molar-refractivity contribution in [2.24, 2.45) is 4.99 Å². The summed E-state index contributed by atoms with van der Waals surface area (Å²) in [6, 6.07) is 8.88. The van der Waals surface area contributed by atoms with Gasteiger partial charge in [0.25, 0.3) is 0 Å². The lowest BCUT2D eigenvalue weighted by molar-refractivity contribution is 0.451. The monoisotopic (exact) mass is 393 g/mol. The number of hydrogen-bond donors (Lipinski definition) is 2. The second kappa shape index (κ2) is 9.58. The van der Waals surface area contributed by atoms with Crippen molar-refractivity contribution in [3.63, 3.8) is 0 Å². The molecule has 0 spiro atoms. The van der Waals surface area contributed by atoms with Crippen LogP contribution in [0.4, 0.5) is 0 Å². The molecule has 152 valence electrons. The molecule has 1 aliphatic carbocycles. The van der Waals surface area contributed by atoms with E-state index < -0.39 is 9.84 Å². The molecule has 0 saturated heterocycles. The lowest BCUT2D eigenvalue weighted by atomic mass is 9.78. The summed E-state index contributed by atoms with van der Waals surface area (Å²) in [6.45, 7) is 7.73. The van der Waals surface area contributed by atoms with Crippen molar-refractivity contribution < 1.29 is 8.42 Å². The molecule has 2 rings (SSSR count). The maximum absolute atomic E-state index is 11.4. The quantitative estimate of drug-likeness (QED) is 0.526. The van der Waals surface area contributed by atoms with Crippen molar-refractivity contribution in [2.45, 2.75) is 64.3 Å². The molecule has 1 saturated carbocycles. The molecule has 1 unspecified atom stereocenters. The van der Waals surface area contributed by atoms with E-state index in [4.69, 9.17) is 4.99 Å². The fraction of sp³-hybridized carbons (Fsp3) is 0.667. The van der Waals surface area contributed by atoms with Crippen LogP contribution in [0, 0.1) is 6.92 Å². The Balaban J connectivity index is 2.11. The number of guanidine groups is 1. The molecular formula is C21H35N3O2S. The van der Waals surface area contributed by atoms with E-state index in [9.17, 15) is 8.42 Å². The highest BCUT2D eigenvalue weighted by Crippen LogP contribution is 2.41. The Morgan fingerprint density at radius 2 is 2.00 bits per heavy atom. The van der Waals surface area contributed by atoms with E-state index in [-0.39, 0.29) is 17.2 Å². The zero-order valence-corrected chi connectivity index (χ0v) is 18.0. The van der Waals surface area contributed by atoms with Crippen LogP contribution in [0.25, 0.3) is 0 Å². The van der Waals surface area contributed by atoms with E-state index in [1.165, 1.54) is 43.1 Å². The molecule has 5 nitrogen and oxygen atoms in total. The van der Waals surface area contributed by atoms with Gasteiger partial charge in [-0.15, -0.1) is 0 Å². The number of rotatable bonds is 8. The van der Waals surface area contributed by atoms with Gasteiger partial charge in [0.1, 0.15) is 9.84 Å².